The van der Waals surface area contributed by atoms with Gasteiger partial charge in [0.05, 0.1) is 0 Å². The maximum atomic E-state index is 11.7. The Morgan fingerprint density at radius 3 is 1.57 bits per heavy atom. The van der Waals surface area contributed by atoms with E-state index >= 15 is 0 Å². The summed E-state index contributed by atoms with van der Waals surface area (Å²) in [7, 11) is 0. The average molecular weight is 397 g/mol. The number of Topliss-reactive ketones (excluding diaryl/α,β-unsaturated/α-hetero) is 1. The maximum Gasteiger partial charge on any atom is 0.318 e. The summed E-state index contributed by atoms with van der Waals surface area (Å²) in [6.07, 6.45) is 18.4. The highest BCUT2D eigenvalue weighted by Gasteiger charge is 2.03. The van der Waals surface area contributed by atoms with Gasteiger partial charge in [0.15, 0.2) is 0 Å². The molecular weight excluding hydrogens is 352 g/mol. The van der Waals surface area contributed by atoms with Crippen LogP contribution in [0.5, 0.6) is 0 Å². The molecule has 0 aliphatic rings. The predicted molar refractivity (Wildman–Crippen MR) is 117 cm³/mol. The smallest absolute Gasteiger partial charge is 0.318 e. The number of hydrogen-bond donors (Lipinski definition) is 3. The number of rotatable bonds is 20. The number of carbonyl (C=O) groups excluding carboxylic acids is 2. The summed E-state index contributed by atoms with van der Waals surface area (Å²) in [5.41, 5.74) is 0.592. The first kappa shape index (κ1) is 26.6. The van der Waals surface area contributed by atoms with Gasteiger partial charge in [-0.2, -0.15) is 0 Å². The zero-order chi connectivity index (χ0) is 20.9. The molecule has 164 valence electrons. The number of ketones is 1. The normalized spacial score (nSPS) is 10.6. The molecule has 5 nitrogen and oxygen atoms in total. The summed E-state index contributed by atoms with van der Waals surface area (Å²) >= 11 is 0. The largest absolute Gasteiger partial charge is 0.396 e. The molecule has 0 aromatic heterocycles. The average Bonchev–Trinajstić information content (AvgIpc) is 2.66. The van der Waals surface area contributed by atoms with Gasteiger partial charge in [-0.1, -0.05) is 83.6 Å². The monoisotopic (exact) mass is 396 g/mol. The minimum absolute atomic E-state index is 0.105. The van der Waals surface area contributed by atoms with Crippen molar-refractivity contribution in [3.8, 4) is 0 Å². The molecule has 0 radical (unpaired) electrons. The van der Waals surface area contributed by atoms with Crippen LogP contribution in [0.4, 0.5) is 4.79 Å². The van der Waals surface area contributed by atoms with Crippen LogP contribution in [0, 0.1) is 0 Å². The molecule has 5 heteroatoms. The van der Waals surface area contributed by atoms with E-state index in [0.717, 1.165) is 19.3 Å². The van der Waals surface area contributed by atoms with Crippen LogP contribution in [-0.2, 0) is 4.79 Å². The van der Waals surface area contributed by atoms with E-state index in [2.05, 4.69) is 17.2 Å². The minimum Gasteiger partial charge on any atom is -0.396 e. The van der Waals surface area contributed by atoms with Gasteiger partial charge in [0, 0.05) is 25.3 Å². The summed E-state index contributed by atoms with van der Waals surface area (Å²) in [6.45, 7) is 6.32. The number of hydrogen-bond acceptors (Lipinski definition) is 3. The predicted octanol–water partition coefficient (Wildman–Crippen LogP) is 5.62. The molecule has 0 unspecified atom stereocenters. The first-order chi connectivity index (χ1) is 13.6. The van der Waals surface area contributed by atoms with E-state index in [1.54, 1.807) is 0 Å². The second-order valence-electron chi connectivity index (χ2n) is 7.86. The summed E-state index contributed by atoms with van der Waals surface area (Å²) in [5, 5.41) is 14.2. The van der Waals surface area contributed by atoms with Crippen molar-refractivity contribution in [1.29, 1.82) is 0 Å². The van der Waals surface area contributed by atoms with E-state index < -0.39 is 0 Å². The molecule has 3 N–H and O–H groups in total. The third-order valence-electron chi connectivity index (χ3n) is 4.94. The van der Waals surface area contributed by atoms with Crippen molar-refractivity contribution in [2.45, 2.75) is 110 Å². The number of allylic oxidation sites excluding steroid dienone is 1. The van der Waals surface area contributed by atoms with Gasteiger partial charge >= 0.3 is 6.03 Å². The lowest BCUT2D eigenvalue weighted by atomic mass is 10.0. The first-order valence-electron chi connectivity index (χ1n) is 11.4. The van der Waals surface area contributed by atoms with E-state index in [1.165, 1.54) is 77.6 Å². The molecule has 28 heavy (non-hydrogen) atoms. The van der Waals surface area contributed by atoms with Gasteiger partial charge in [0.1, 0.15) is 5.78 Å². The Morgan fingerprint density at radius 2 is 1.14 bits per heavy atom. The van der Waals surface area contributed by atoms with Crippen molar-refractivity contribution in [2.24, 2.45) is 0 Å². The van der Waals surface area contributed by atoms with E-state index in [4.69, 9.17) is 5.11 Å². The van der Waals surface area contributed by atoms with E-state index in [9.17, 15) is 9.59 Å². The van der Waals surface area contributed by atoms with E-state index in [1.807, 2.05) is 0 Å². The van der Waals surface area contributed by atoms with Crippen molar-refractivity contribution in [3.05, 3.63) is 12.3 Å². The van der Waals surface area contributed by atoms with Gasteiger partial charge in [0.25, 0.3) is 0 Å². The molecule has 0 spiro atoms. The topological polar surface area (TPSA) is 78.4 Å². The summed E-state index contributed by atoms with van der Waals surface area (Å²) in [5.74, 6) is 0.105. The third-order valence-corrected chi connectivity index (χ3v) is 4.94. The molecule has 0 heterocycles. The lowest BCUT2D eigenvalue weighted by Crippen LogP contribution is -2.35. The molecular formula is C23H44N2O3. The van der Waals surface area contributed by atoms with E-state index in [0.29, 0.717) is 31.7 Å². The molecule has 0 fully saturated rings. The van der Waals surface area contributed by atoms with Crippen molar-refractivity contribution < 1.29 is 14.7 Å². The van der Waals surface area contributed by atoms with Gasteiger partial charge in [-0.15, -0.1) is 0 Å². The molecule has 0 rings (SSSR count). The second-order valence-corrected chi connectivity index (χ2v) is 7.86. The van der Waals surface area contributed by atoms with Crippen molar-refractivity contribution in [1.82, 2.24) is 10.6 Å². The van der Waals surface area contributed by atoms with Crippen LogP contribution in [0.3, 0.4) is 0 Å². The molecule has 0 saturated heterocycles. The molecule has 0 aliphatic heterocycles. The fraction of sp³-hybridized carbons (Fsp3) is 0.826. The second kappa shape index (κ2) is 20.4. The molecule has 0 saturated carbocycles. The van der Waals surface area contributed by atoms with Gasteiger partial charge in [-0.05, 0) is 26.2 Å². The van der Waals surface area contributed by atoms with Gasteiger partial charge in [-0.25, -0.2) is 4.79 Å². The molecule has 0 aromatic carbocycles. The summed E-state index contributed by atoms with van der Waals surface area (Å²) < 4.78 is 0. The highest BCUT2D eigenvalue weighted by molar-refractivity contribution is 5.77. The minimum atomic E-state index is -0.220. The van der Waals surface area contributed by atoms with Gasteiger partial charge in [0.2, 0.25) is 0 Å². The molecule has 0 bridgehead atoms. The number of nitrogens with one attached hydrogen (secondary N) is 2. The number of aliphatic hydroxyl groups is 1. The zero-order valence-electron chi connectivity index (χ0n) is 18.2. The standard InChI is InChI=1S/C23H44N2O3/c1-21(17-18-22(2)27)25-23(28)24-19-15-13-11-9-7-5-3-4-6-8-10-12-14-16-20-26/h26H,1,3-20H2,2H3,(H2,24,25,28). The third kappa shape index (κ3) is 20.9. The molecule has 0 atom stereocenters. The number of unbranched alkanes of at least 4 members (excludes halogenated alkanes) is 13. The number of urea groups is 1. The van der Waals surface area contributed by atoms with Crippen LogP contribution in [0.1, 0.15) is 110 Å². The van der Waals surface area contributed by atoms with Crippen molar-refractivity contribution in [2.75, 3.05) is 13.2 Å². The molecule has 2 amide bonds. The highest BCUT2D eigenvalue weighted by atomic mass is 16.3. The number of aliphatic hydroxyl groups excluding tert-OH is 1. The van der Waals surface area contributed by atoms with Crippen LogP contribution in [0.2, 0.25) is 0 Å². The van der Waals surface area contributed by atoms with Crippen LogP contribution in [0.15, 0.2) is 12.3 Å². The Hall–Kier alpha value is -1.36. The van der Waals surface area contributed by atoms with Crippen LogP contribution in [-0.4, -0.2) is 30.1 Å². The number of carbonyl (C=O) groups is 2. The van der Waals surface area contributed by atoms with E-state index in [-0.39, 0.29) is 11.8 Å². The number of amides is 2. The molecule has 0 aliphatic carbocycles. The molecule has 0 aromatic rings. The fourth-order valence-electron chi connectivity index (χ4n) is 3.15. The SMILES string of the molecule is C=C(CCC(C)=O)NC(=O)NCCCCCCCCCCCCCCCCO. The summed E-state index contributed by atoms with van der Waals surface area (Å²) in [4.78, 5) is 22.6. The maximum absolute atomic E-state index is 11.7. The van der Waals surface area contributed by atoms with Gasteiger partial charge < -0.3 is 20.5 Å². The Morgan fingerprint density at radius 1 is 0.714 bits per heavy atom. The van der Waals surface area contributed by atoms with Gasteiger partial charge in [-0.3, -0.25) is 0 Å². The Balaban J connectivity index is 3.24. The van der Waals surface area contributed by atoms with Crippen LogP contribution in [0.25, 0.3) is 0 Å². The highest BCUT2D eigenvalue weighted by Crippen LogP contribution is 2.12. The Kier molecular flexibility index (Phi) is 19.4. The lowest BCUT2D eigenvalue weighted by molar-refractivity contribution is -0.117. The van der Waals surface area contributed by atoms with Crippen molar-refractivity contribution in [3.63, 3.8) is 0 Å². The summed E-state index contributed by atoms with van der Waals surface area (Å²) in [6, 6.07) is -0.220. The van der Waals surface area contributed by atoms with Crippen molar-refractivity contribution >= 4 is 11.8 Å². The van der Waals surface area contributed by atoms with Crippen LogP contribution >= 0.6 is 0 Å². The lowest BCUT2D eigenvalue weighted by Gasteiger charge is -2.09. The fourth-order valence-corrected chi connectivity index (χ4v) is 3.15. The first-order valence-corrected chi connectivity index (χ1v) is 11.4. The zero-order valence-corrected chi connectivity index (χ0v) is 18.2. The quantitative estimate of drug-likeness (QED) is 0.234. The van der Waals surface area contributed by atoms with Crippen LogP contribution < -0.4 is 10.6 Å². The Labute approximate surface area is 172 Å². The Bertz CT molecular complexity index is 411.